The zero-order chi connectivity index (χ0) is 17.8. The maximum absolute atomic E-state index is 12.4. The van der Waals surface area contributed by atoms with Crippen LogP contribution in [0.2, 0.25) is 0 Å². The smallest absolute Gasteiger partial charge is 0.261 e. The first kappa shape index (κ1) is 17.0. The summed E-state index contributed by atoms with van der Waals surface area (Å²) in [6.07, 6.45) is 6.10. The second-order valence-electron chi connectivity index (χ2n) is 6.61. The fraction of sp³-hybridized carbons (Fsp3) is 0.300. The number of thiophene rings is 1. The molecule has 6 heteroatoms. The molecule has 5 nitrogen and oxygen atoms in total. The number of rotatable bonds is 5. The molecular formula is C20H22N4OS. The Morgan fingerprint density at radius 2 is 2.04 bits per heavy atom. The summed E-state index contributed by atoms with van der Waals surface area (Å²) in [5.41, 5.74) is 3.07. The lowest BCUT2D eigenvalue weighted by Gasteiger charge is -2.22. The zero-order valence-corrected chi connectivity index (χ0v) is 15.3. The summed E-state index contributed by atoms with van der Waals surface area (Å²) in [5, 5.41) is 12.9. The molecule has 1 aliphatic rings. The molecule has 0 radical (unpaired) electrons. The minimum atomic E-state index is 0.0234. The van der Waals surface area contributed by atoms with Crippen LogP contribution in [-0.2, 0) is 0 Å². The van der Waals surface area contributed by atoms with E-state index in [1.165, 1.54) is 11.3 Å². The van der Waals surface area contributed by atoms with Gasteiger partial charge in [-0.1, -0.05) is 18.2 Å². The molecule has 1 fully saturated rings. The van der Waals surface area contributed by atoms with Gasteiger partial charge >= 0.3 is 0 Å². The molecule has 3 heterocycles. The normalized spacial score (nSPS) is 15.1. The summed E-state index contributed by atoms with van der Waals surface area (Å²) in [4.78, 5) is 13.2. The number of para-hydroxylation sites is 1. The molecule has 26 heavy (non-hydrogen) atoms. The molecule has 2 N–H and O–H groups in total. The van der Waals surface area contributed by atoms with Crippen LogP contribution in [0.15, 0.2) is 54.2 Å². The highest BCUT2D eigenvalue weighted by atomic mass is 32.1. The number of piperidine rings is 1. The minimum absolute atomic E-state index is 0.0234. The van der Waals surface area contributed by atoms with E-state index in [4.69, 9.17) is 0 Å². The van der Waals surface area contributed by atoms with Gasteiger partial charge in [0, 0.05) is 18.3 Å². The van der Waals surface area contributed by atoms with Crippen molar-refractivity contribution in [1.82, 2.24) is 20.4 Å². The van der Waals surface area contributed by atoms with Crippen LogP contribution >= 0.6 is 11.3 Å². The Morgan fingerprint density at radius 1 is 1.23 bits per heavy atom. The average molecular weight is 366 g/mol. The Bertz CT molecular complexity index is 865. The van der Waals surface area contributed by atoms with Crippen LogP contribution in [0, 0.1) is 5.92 Å². The van der Waals surface area contributed by atoms with Gasteiger partial charge in [-0.3, -0.25) is 4.79 Å². The lowest BCUT2D eigenvalue weighted by Crippen LogP contribution is -2.35. The standard InChI is InChI=1S/C20H22N4OS/c25-20(22-11-15-6-8-21-9-7-15)19-10-16(14-26-19)17-12-23-24(13-17)18-4-2-1-3-5-18/h1-5,10,12-15,21H,6-9,11H2,(H,22,25). The largest absolute Gasteiger partial charge is 0.351 e. The van der Waals surface area contributed by atoms with Gasteiger partial charge in [-0.05, 0) is 61.0 Å². The summed E-state index contributed by atoms with van der Waals surface area (Å²) < 4.78 is 1.85. The van der Waals surface area contributed by atoms with Crippen molar-refractivity contribution in [3.63, 3.8) is 0 Å². The van der Waals surface area contributed by atoms with E-state index in [2.05, 4.69) is 15.7 Å². The molecule has 3 aromatic rings. The highest BCUT2D eigenvalue weighted by Gasteiger charge is 2.16. The number of benzene rings is 1. The molecule has 1 aromatic carbocycles. The van der Waals surface area contributed by atoms with E-state index in [1.54, 1.807) is 0 Å². The van der Waals surface area contributed by atoms with Gasteiger partial charge in [0.2, 0.25) is 0 Å². The summed E-state index contributed by atoms with van der Waals surface area (Å²) in [6, 6.07) is 12.0. The van der Waals surface area contributed by atoms with E-state index < -0.39 is 0 Å². The second-order valence-corrected chi connectivity index (χ2v) is 7.52. The number of nitrogens with one attached hydrogen (secondary N) is 2. The van der Waals surface area contributed by atoms with E-state index in [-0.39, 0.29) is 5.91 Å². The molecule has 1 amide bonds. The minimum Gasteiger partial charge on any atom is -0.351 e. The van der Waals surface area contributed by atoms with E-state index in [0.717, 1.165) is 54.2 Å². The van der Waals surface area contributed by atoms with Gasteiger partial charge in [0.15, 0.2) is 0 Å². The first-order chi connectivity index (χ1) is 12.8. The predicted molar refractivity (Wildman–Crippen MR) is 105 cm³/mol. The number of hydrogen-bond acceptors (Lipinski definition) is 4. The van der Waals surface area contributed by atoms with E-state index in [9.17, 15) is 4.79 Å². The van der Waals surface area contributed by atoms with Crippen molar-refractivity contribution in [3.8, 4) is 16.8 Å². The van der Waals surface area contributed by atoms with Crippen molar-refractivity contribution < 1.29 is 4.79 Å². The third kappa shape index (κ3) is 3.86. The molecule has 0 spiro atoms. The molecule has 4 rings (SSSR count). The third-order valence-electron chi connectivity index (χ3n) is 4.77. The van der Waals surface area contributed by atoms with Crippen molar-refractivity contribution in [3.05, 3.63) is 59.0 Å². The van der Waals surface area contributed by atoms with Crippen LogP contribution in [-0.4, -0.2) is 35.3 Å². The van der Waals surface area contributed by atoms with E-state index >= 15 is 0 Å². The fourth-order valence-corrected chi connectivity index (χ4v) is 4.04. The number of aromatic nitrogens is 2. The molecule has 0 bridgehead atoms. The van der Waals surface area contributed by atoms with Crippen molar-refractivity contribution in [2.24, 2.45) is 5.92 Å². The molecular weight excluding hydrogens is 344 g/mol. The molecule has 0 atom stereocenters. The SMILES string of the molecule is O=C(NCC1CCNCC1)c1cc(-c2cnn(-c3ccccc3)c2)cs1. The number of nitrogens with zero attached hydrogens (tertiary/aromatic N) is 2. The summed E-state index contributed by atoms with van der Waals surface area (Å²) in [7, 11) is 0. The van der Waals surface area contributed by atoms with Gasteiger partial charge in [0.25, 0.3) is 5.91 Å². The Labute approximate surface area is 157 Å². The number of carbonyl (C=O) groups excluding carboxylic acids is 1. The van der Waals surface area contributed by atoms with Gasteiger partial charge in [0.1, 0.15) is 0 Å². The molecule has 1 aliphatic heterocycles. The first-order valence-electron chi connectivity index (χ1n) is 8.97. The van der Waals surface area contributed by atoms with Crippen LogP contribution in [0.3, 0.4) is 0 Å². The van der Waals surface area contributed by atoms with Gasteiger partial charge in [-0.25, -0.2) is 4.68 Å². The van der Waals surface area contributed by atoms with Crippen molar-refractivity contribution in [2.45, 2.75) is 12.8 Å². The summed E-state index contributed by atoms with van der Waals surface area (Å²) in [6.45, 7) is 2.86. The van der Waals surface area contributed by atoms with E-state index in [1.807, 2.05) is 58.9 Å². The van der Waals surface area contributed by atoms with E-state index in [0.29, 0.717) is 5.92 Å². The molecule has 134 valence electrons. The fourth-order valence-electron chi connectivity index (χ4n) is 3.21. The third-order valence-corrected chi connectivity index (χ3v) is 5.70. The molecule has 0 saturated carbocycles. The van der Waals surface area contributed by atoms with Crippen LogP contribution in [0.5, 0.6) is 0 Å². The Morgan fingerprint density at radius 3 is 2.85 bits per heavy atom. The van der Waals surface area contributed by atoms with Crippen LogP contribution in [0.4, 0.5) is 0 Å². The number of hydrogen-bond donors (Lipinski definition) is 2. The quantitative estimate of drug-likeness (QED) is 0.728. The summed E-state index contributed by atoms with van der Waals surface area (Å²) in [5.74, 6) is 0.610. The van der Waals surface area contributed by atoms with Crippen molar-refractivity contribution in [1.29, 1.82) is 0 Å². The Hall–Kier alpha value is -2.44. The van der Waals surface area contributed by atoms with Crippen LogP contribution in [0.1, 0.15) is 22.5 Å². The highest BCUT2D eigenvalue weighted by Crippen LogP contribution is 2.26. The van der Waals surface area contributed by atoms with Crippen molar-refractivity contribution in [2.75, 3.05) is 19.6 Å². The number of amides is 1. The van der Waals surface area contributed by atoms with Gasteiger partial charge in [-0.15, -0.1) is 11.3 Å². The second kappa shape index (κ2) is 7.85. The Balaban J connectivity index is 1.41. The van der Waals surface area contributed by atoms with Crippen molar-refractivity contribution >= 4 is 17.2 Å². The zero-order valence-electron chi connectivity index (χ0n) is 14.5. The lowest BCUT2D eigenvalue weighted by atomic mass is 9.98. The highest BCUT2D eigenvalue weighted by molar-refractivity contribution is 7.12. The van der Waals surface area contributed by atoms with Gasteiger partial charge in [-0.2, -0.15) is 5.10 Å². The first-order valence-corrected chi connectivity index (χ1v) is 9.85. The summed E-state index contributed by atoms with van der Waals surface area (Å²) >= 11 is 1.48. The maximum Gasteiger partial charge on any atom is 0.261 e. The molecule has 0 aliphatic carbocycles. The van der Waals surface area contributed by atoms with Gasteiger partial charge in [0.05, 0.1) is 16.8 Å². The lowest BCUT2D eigenvalue weighted by molar-refractivity contribution is 0.0948. The number of carbonyl (C=O) groups is 1. The van der Waals surface area contributed by atoms with Crippen LogP contribution in [0.25, 0.3) is 16.8 Å². The molecule has 1 saturated heterocycles. The molecule has 0 unspecified atom stereocenters. The monoisotopic (exact) mass is 366 g/mol. The molecule has 2 aromatic heterocycles. The predicted octanol–water partition coefficient (Wildman–Crippen LogP) is 3.33. The average Bonchev–Trinajstić information content (AvgIpc) is 3.37. The maximum atomic E-state index is 12.4. The Kier molecular flexibility index (Phi) is 5.13. The topological polar surface area (TPSA) is 59.0 Å². The van der Waals surface area contributed by atoms with Crippen LogP contribution < -0.4 is 10.6 Å². The van der Waals surface area contributed by atoms with Gasteiger partial charge < -0.3 is 10.6 Å².